The van der Waals surface area contributed by atoms with Gasteiger partial charge in [-0.2, -0.15) is 0 Å². The molecular weight excluding hydrogens is 350 g/mol. The maximum absolute atomic E-state index is 12.3. The van der Waals surface area contributed by atoms with Gasteiger partial charge in [-0.3, -0.25) is 4.79 Å². The van der Waals surface area contributed by atoms with E-state index in [1.54, 1.807) is 0 Å². The molecule has 3 fully saturated rings. The lowest BCUT2D eigenvalue weighted by Crippen LogP contribution is -2.46. The molecule has 0 aromatic carbocycles. The first kappa shape index (κ1) is 20.1. The minimum atomic E-state index is -3.31. The van der Waals surface area contributed by atoms with E-state index in [4.69, 9.17) is 0 Å². The van der Waals surface area contributed by atoms with Gasteiger partial charge in [0.15, 0.2) is 0 Å². The highest BCUT2D eigenvalue weighted by Crippen LogP contribution is 2.39. The molecule has 1 spiro atoms. The summed E-state index contributed by atoms with van der Waals surface area (Å²) < 4.78 is 24.7. The smallest absolute Gasteiger partial charge is 0.237 e. The van der Waals surface area contributed by atoms with Gasteiger partial charge < -0.3 is 9.80 Å². The maximum Gasteiger partial charge on any atom is 0.237 e. The predicted octanol–water partition coefficient (Wildman–Crippen LogP) is 1.82. The van der Waals surface area contributed by atoms with Crippen molar-refractivity contribution < 1.29 is 13.2 Å². The number of amides is 1. The summed E-state index contributed by atoms with van der Waals surface area (Å²) in [5, 5.41) is 0. The van der Waals surface area contributed by atoms with Crippen LogP contribution in [0.15, 0.2) is 0 Å². The second-order valence-corrected chi connectivity index (χ2v) is 10.7. The minimum absolute atomic E-state index is 0.0911. The van der Waals surface area contributed by atoms with Crippen LogP contribution in [0, 0.1) is 11.3 Å². The molecule has 2 aliphatic heterocycles. The largest absolute Gasteiger partial charge is 0.341 e. The van der Waals surface area contributed by atoms with Gasteiger partial charge in [-0.15, -0.1) is 0 Å². The molecule has 26 heavy (non-hydrogen) atoms. The van der Waals surface area contributed by atoms with E-state index in [2.05, 4.69) is 9.62 Å². The zero-order valence-corrected chi connectivity index (χ0v) is 17.0. The van der Waals surface area contributed by atoms with Crippen molar-refractivity contribution in [2.45, 2.75) is 57.8 Å². The van der Waals surface area contributed by atoms with Gasteiger partial charge in [-0.05, 0) is 44.7 Å². The number of nitrogens with one attached hydrogen (secondary N) is 1. The monoisotopic (exact) mass is 385 g/mol. The summed E-state index contributed by atoms with van der Waals surface area (Å²) in [6.45, 7) is 4.94. The Morgan fingerprint density at radius 3 is 2.58 bits per heavy atom. The summed E-state index contributed by atoms with van der Waals surface area (Å²) in [7, 11) is -3.31. The maximum atomic E-state index is 12.3. The summed E-state index contributed by atoms with van der Waals surface area (Å²) >= 11 is 0. The second kappa shape index (κ2) is 8.57. The molecular formula is C19H35N3O3S. The van der Waals surface area contributed by atoms with Crippen molar-refractivity contribution in [1.29, 1.82) is 0 Å². The molecule has 1 saturated carbocycles. The number of nitrogens with zero attached hydrogens (tertiary/aromatic N) is 2. The fourth-order valence-electron chi connectivity index (χ4n) is 5.13. The topological polar surface area (TPSA) is 69.7 Å². The fourth-order valence-corrected chi connectivity index (χ4v) is 5.51. The number of likely N-dealkylation sites (tertiary alicyclic amines) is 2. The van der Waals surface area contributed by atoms with Crippen molar-refractivity contribution in [1.82, 2.24) is 14.5 Å². The number of carbonyl (C=O) groups is 1. The predicted molar refractivity (Wildman–Crippen MR) is 103 cm³/mol. The molecule has 2 saturated heterocycles. The Kier molecular flexibility index (Phi) is 6.62. The highest BCUT2D eigenvalue weighted by molar-refractivity contribution is 7.88. The van der Waals surface area contributed by atoms with Gasteiger partial charge in [-0.1, -0.05) is 32.1 Å². The van der Waals surface area contributed by atoms with E-state index in [1.807, 2.05) is 4.90 Å². The number of rotatable bonds is 6. The molecule has 2 heterocycles. The summed E-state index contributed by atoms with van der Waals surface area (Å²) in [6.07, 6.45) is 12.9. The van der Waals surface area contributed by atoms with Crippen LogP contribution in [-0.2, 0) is 14.8 Å². The van der Waals surface area contributed by atoms with E-state index in [0.29, 0.717) is 0 Å². The zero-order chi connectivity index (χ0) is 18.6. The molecule has 150 valence electrons. The Morgan fingerprint density at radius 2 is 1.85 bits per heavy atom. The molecule has 0 unspecified atom stereocenters. The number of hydrogen-bond donors (Lipinski definition) is 1. The SMILES string of the molecule is CS(=O)(=O)NCC(=O)N1CC[C@]2(CCCN(CCC3CCCCC3)C2)C1. The van der Waals surface area contributed by atoms with Crippen molar-refractivity contribution in [3.8, 4) is 0 Å². The van der Waals surface area contributed by atoms with Crippen molar-refractivity contribution in [2.24, 2.45) is 11.3 Å². The Labute approximate surface area is 158 Å². The van der Waals surface area contributed by atoms with Crippen molar-refractivity contribution in [2.75, 3.05) is 45.5 Å². The average molecular weight is 386 g/mol. The van der Waals surface area contributed by atoms with Gasteiger partial charge in [0.2, 0.25) is 15.9 Å². The van der Waals surface area contributed by atoms with E-state index < -0.39 is 10.0 Å². The van der Waals surface area contributed by atoms with Crippen LogP contribution in [0.25, 0.3) is 0 Å². The molecule has 1 N–H and O–H groups in total. The first-order valence-electron chi connectivity index (χ1n) is 10.3. The van der Waals surface area contributed by atoms with Gasteiger partial charge in [0, 0.05) is 25.0 Å². The van der Waals surface area contributed by atoms with E-state index >= 15 is 0 Å². The Hall–Kier alpha value is -0.660. The first-order chi connectivity index (χ1) is 12.4. The van der Waals surface area contributed by atoms with Crippen LogP contribution < -0.4 is 4.72 Å². The molecule has 0 aromatic heterocycles. The third-order valence-electron chi connectivity index (χ3n) is 6.60. The first-order valence-corrected chi connectivity index (χ1v) is 12.2. The second-order valence-electron chi connectivity index (χ2n) is 8.83. The molecule has 3 aliphatic rings. The standard InChI is InChI=1S/C19H35N3O3S/c1-26(24,25)20-14-18(23)22-13-10-19(16-22)9-5-11-21(15-19)12-8-17-6-3-2-4-7-17/h17,20H,2-16H2,1H3/t19-/m0/s1. The Bertz CT molecular complexity index is 589. The van der Waals surface area contributed by atoms with Crippen LogP contribution in [0.1, 0.15) is 57.8 Å². The third-order valence-corrected chi connectivity index (χ3v) is 7.26. The number of carbonyl (C=O) groups excluding carboxylic acids is 1. The van der Waals surface area contributed by atoms with E-state index in [9.17, 15) is 13.2 Å². The molecule has 1 atom stereocenters. The molecule has 0 aromatic rings. The minimum Gasteiger partial charge on any atom is -0.341 e. The van der Waals surface area contributed by atoms with Gasteiger partial charge in [0.25, 0.3) is 0 Å². The van der Waals surface area contributed by atoms with Crippen LogP contribution in [0.3, 0.4) is 0 Å². The van der Waals surface area contributed by atoms with Gasteiger partial charge >= 0.3 is 0 Å². The number of piperidine rings is 1. The summed E-state index contributed by atoms with van der Waals surface area (Å²) in [6, 6.07) is 0. The number of hydrogen-bond acceptors (Lipinski definition) is 4. The van der Waals surface area contributed by atoms with Crippen LogP contribution in [0.5, 0.6) is 0 Å². The summed E-state index contributed by atoms with van der Waals surface area (Å²) in [4.78, 5) is 16.8. The molecule has 1 aliphatic carbocycles. The van der Waals surface area contributed by atoms with Crippen LogP contribution in [0.2, 0.25) is 0 Å². The summed E-state index contributed by atoms with van der Waals surface area (Å²) in [5.74, 6) is 0.831. The lowest BCUT2D eigenvalue weighted by Gasteiger charge is -2.41. The molecule has 7 heteroatoms. The molecule has 1 amide bonds. The van der Waals surface area contributed by atoms with Crippen molar-refractivity contribution in [3.05, 3.63) is 0 Å². The van der Waals surface area contributed by atoms with Gasteiger partial charge in [0.1, 0.15) is 0 Å². The van der Waals surface area contributed by atoms with E-state index in [-0.39, 0.29) is 17.9 Å². The Morgan fingerprint density at radius 1 is 1.08 bits per heavy atom. The van der Waals surface area contributed by atoms with Gasteiger partial charge in [0.05, 0.1) is 12.8 Å². The molecule has 3 rings (SSSR count). The van der Waals surface area contributed by atoms with Crippen LogP contribution >= 0.6 is 0 Å². The van der Waals surface area contributed by atoms with E-state index in [0.717, 1.165) is 38.2 Å². The fraction of sp³-hybridized carbons (Fsp3) is 0.947. The normalized spacial score (nSPS) is 28.7. The lowest BCUT2D eigenvalue weighted by atomic mass is 9.79. The molecule has 0 radical (unpaired) electrons. The highest BCUT2D eigenvalue weighted by Gasteiger charge is 2.42. The lowest BCUT2D eigenvalue weighted by molar-refractivity contribution is -0.129. The van der Waals surface area contributed by atoms with Crippen LogP contribution in [0.4, 0.5) is 0 Å². The molecule has 6 nitrogen and oxygen atoms in total. The van der Waals surface area contributed by atoms with Crippen molar-refractivity contribution in [3.63, 3.8) is 0 Å². The number of sulfonamides is 1. The average Bonchev–Trinajstić information content (AvgIpc) is 3.01. The van der Waals surface area contributed by atoms with Gasteiger partial charge in [-0.25, -0.2) is 13.1 Å². The highest BCUT2D eigenvalue weighted by atomic mass is 32.2. The quantitative estimate of drug-likeness (QED) is 0.757. The molecule has 0 bridgehead atoms. The van der Waals surface area contributed by atoms with E-state index in [1.165, 1.54) is 64.5 Å². The summed E-state index contributed by atoms with van der Waals surface area (Å²) in [5.41, 5.74) is 0.228. The van der Waals surface area contributed by atoms with Crippen LogP contribution in [-0.4, -0.2) is 69.6 Å². The zero-order valence-electron chi connectivity index (χ0n) is 16.2. The Balaban J connectivity index is 1.46. The third kappa shape index (κ3) is 5.67. The van der Waals surface area contributed by atoms with Crippen molar-refractivity contribution >= 4 is 15.9 Å².